The van der Waals surface area contributed by atoms with Gasteiger partial charge >= 0.3 is 0 Å². The van der Waals surface area contributed by atoms with Gasteiger partial charge in [-0.25, -0.2) is 0 Å². The summed E-state index contributed by atoms with van der Waals surface area (Å²) in [5.41, 5.74) is 12.2. The van der Waals surface area contributed by atoms with E-state index in [2.05, 4.69) is 54.1 Å². The van der Waals surface area contributed by atoms with Crippen LogP contribution < -0.4 is 5.73 Å². The van der Waals surface area contributed by atoms with Crippen LogP contribution in [0.15, 0.2) is 36.5 Å². The van der Waals surface area contributed by atoms with Crippen LogP contribution in [0.2, 0.25) is 0 Å². The molecule has 3 heterocycles. The Labute approximate surface area is 185 Å². The fourth-order valence-corrected chi connectivity index (χ4v) is 4.75. The average molecular weight is 419 g/mol. The van der Waals surface area contributed by atoms with Gasteiger partial charge in [-0.1, -0.05) is 19.9 Å². The van der Waals surface area contributed by atoms with Gasteiger partial charge in [-0.05, 0) is 74.9 Å². The zero-order valence-corrected chi connectivity index (χ0v) is 19.3. The van der Waals surface area contributed by atoms with Gasteiger partial charge < -0.3 is 15.6 Å². The maximum Gasteiger partial charge on any atom is 0.232 e. The first-order chi connectivity index (χ1) is 14.7. The zero-order chi connectivity index (χ0) is 22.3. The van der Waals surface area contributed by atoms with Crippen molar-refractivity contribution in [1.29, 1.82) is 0 Å². The van der Waals surface area contributed by atoms with E-state index in [0.717, 1.165) is 54.0 Å². The van der Waals surface area contributed by atoms with Gasteiger partial charge in [0.25, 0.3) is 0 Å². The number of hydrogen-bond acceptors (Lipinski definition) is 3. The number of aromatic nitrogens is 2. The van der Waals surface area contributed by atoms with Crippen molar-refractivity contribution in [3.8, 4) is 11.3 Å². The van der Waals surface area contributed by atoms with Crippen molar-refractivity contribution in [1.82, 2.24) is 14.9 Å². The number of H-pyrrole nitrogens is 1. The molecule has 2 aromatic heterocycles. The van der Waals surface area contributed by atoms with Gasteiger partial charge in [-0.2, -0.15) is 0 Å². The minimum Gasteiger partial charge on any atom is -0.354 e. The summed E-state index contributed by atoms with van der Waals surface area (Å²) in [5.74, 6) is 0.528. The molecule has 1 saturated heterocycles. The van der Waals surface area contributed by atoms with E-state index >= 15 is 0 Å². The number of amides is 1. The second-order valence-corrected chi connectivity index (χ2v) is 9.77. The highest BCUT2D eigenvalue weighted by Gasteiger charge is 2.35. The monoisotopic (exact) mass is 418 g/mol. The van der Waals surface area contributed by atoms with Crippen molar-refractivity contribution >= 4 is 16.8 Å². The second kappa shape index (κ2) is 8.12. The fraction of sp³-hybridized carbons (Fsp3) is 0.462. The summed E-state index contributed by atoms with van der Waals surface area (Å²) in [6.07, 6.45) is 3.62. The molecule has 0 unspecified atom stereocenters. The number of piperidine rings is 1. The average Bonchev–Trinajstić information content (AvgIpc) is 3.13. The van der Waals surface area contributed by atoms with Crippen LogP contribution in [0.4, 0.5) is 0 Å². The van der Waals surface area contributed by atoms with Crippen LogP contribution in [0.5, 0.6) is 0 Å². The van der Waals surface area contributed by atoms with Gasteiger partial charge in [0.15, 0.2) is 0 Å². The first-order valence-electron chi connectivity index (χ1n) is 11.3. The lowest BCUT2D eigenvalue weighted by atomic mass is 9.81. The van der Waals surface area contributed by atoms with Crippen molar-refractivity contribution in [2.45, 2.75) is 64.8 Å². The lowest BCUT2D eigenvalue weighted by molar-refractivity contribution is -0.137. The Hall–Kier alpha value is -2.66. The van der Waals surface area contributed by atoms with Crippen molar-refractivity contribution in [3.05, 3.63) is 53.3 Å². The summed E-state index contributed by atoms with van der Waals surface area (Å²) >= 11 is 0. The van der Waals surface area contributed by atoms with Gasteiger partial charge in [0.2, 0.25) is 5.91 Å². The minimum absolute atomic E-state index is 0.186. The molecule has 5 heteroatoms. The molecule has 1 amide bonds. The summed E-state index contributed by atoms with van der Waals surface area (Å²) in [5, 5.41) is 1.19. The third kappa shape index (κ3) is 3.99. The molecule has 1 fully saturated rings. The van der Waals surface area contributed by atoms with Gasteiger partial charge in [0.05, 0.1) is 11.1 Å². The van der Waals surface area contributed by atoms with Crippen molar-refractivity contribution < 1.29 is 4.79 Å². The Morgan fingerprint density at radius 3 is 2.55 bits per heavy atom. The van der Waals surface area contributed by atoms with E-state index in [1.807, 2.05) is 31.9 Å². The number of pyridine rings is 1. The molecule has 164 valence electrons. The zero-order valence-electron chi connectivity index (χ0n) is 19.3. The molecule has 1 aromatic carbocycles. The summed E-state index contributed by atoms with van der Waals surface area (Å²) in [7, 11) is 0. The van der Waals surface area contributed by atoms with Gasteiger partial charge in [0.1, 0.15) is 0 Å². The number of carbonyl (C=O) groups is 1. The van der Waals surface area contributed by atoms with E-state index in [1.165, 1.54) is 10.9 Å². The predicted molar refractivity (Wildman–Crippen MR) is 127 cm³/mol. The summed E-state index contributed by atoms with van der Waals surface area (Å²) in [6.45, 7) is 12.0. The molecule has 4 rings (SSSR count). The molecule has 0 saturated carbocycles. The van der Waals surface area contributed by atoms with Crippen LogP contribution in [0, 0.1) is 6.92 Å². The van der Waals surface area contributed by atoms with E-state index in [0.29, 0.717) is 5.92 Å². The highest BCUT2D eigenvalue weighted by atomic mass is 16.2. The molecular weight excluding hydrogens is 384 g/mol. The first-order valence-corrected chi connectivity index (χ1v) is 11.3. The number of carbonyl (C=O) groups excluding carboxylic acids is 1. The van der Waals surface area contributed by atoms with Gasteiger partial charge in [-0.15, -0.1) is 0 Å². The van der Waals surface area contributed by atoms with Crippen LogP contribution in [0.3, 0.4) is 0 Å². The molecule has 0 radical (unpaired) electrons. The van der Waals surface area contributed by atoms with Crippen LogP contribution in [-0.2, 0) is 10.2 Å². The van der Waals surface area contributed by atoms with Gasteiger partial charge in [0, 0.05) is 47.5 Å². The number of rotatable bonds is 4. The normalized spacial score (nSPS) is 15.8. The molecule has 5 nitrogen and oxygen atoms in total. The number of hydrogen-bond donors (Lipinski definition) is 2. The largest absolute Gasteiger partial charge is 0.354 e. The molecule has 0 spiro atoms. The number of benzene rings is 1. The summed E-state index contributed by atoms with van der Waals surface area (Å²) in [6, 6.07) is 10.8. The van der Waals surface area contributed by atoms with Crippen LogP contribution in [0.25, 0.3) is 22.2 Å². The predicted octanol–water partition coefficient (Wildman–Crippen LogP) is 4.89. The third-order valence-corrected chi connectivity index (χ3v) is 6.68. The number of fused-ring (bicyclic) bond motifs is 1. The number of aryl methyl sites for hydroxylation is 1. The molecule has 1 aliphatic rings. The molecule has 0 aliphatic carbocycles. The van der Waals surface area contributed by atoms with Crippen molar-refractivity contribution in [2.24, 2.45) is 5.73 Å². The number of nitrogens with one attached hydrogen (secondary N) is 1. The number of nitrogens with two attached hydrogens (primary N) is 1. The second-order valence-electron chi connectivity index (χ2n) is 9.77. The topological polar surface area (TPSA) is 75.0 Å². The molecule has 0 bridgehead atoms. The molecular formula is C26H34N4O. The SMILES string of the molecule is Cc1cc(-c2[nH]c3ccc(C(C)(C)C(=O)N4CCC(N)CC4)cc3c2C(C)C)ccn1. The number of likely N-dealkylation sites (tertiary alicyclic amines) is 1. The number of aromatic amines is 1. The van der Waals surface area contributed by atoms with Crippen LogP contribution in [-0.4, -0.2) is 39.9 Å². The van der Waals surface area contributed by atoms with Gasteiger partial charge in [-0.3, -0.25) is 9.78 Å². The Balaban J connectivity index is 1.76. The third-order valence-electron chi connectivity index (χ3n) is 6.68. The Bertz CT molecular complexity index is 1100. The highest BCUT2D eigenvalue weighted by Crippen LogP contribution is 2.38. The van der Waals surface area contributed by atoms with E-state index in [1.54, 1.807) is 0 Å². The fourth-order valence-electron chi connectivity index (χ4n) is 4.75. The lowest BCUT2D eigenvalue weighted by Gasteiger charge is -2.36. The van der Waals surface area contributed by atoms with Crippen molar-refractivity contribution in [2.75, 3.05) is 13.1 Å². The maximum absolute atomic E-state index is 13.4. The first kappa shape index (κ1) is 21.6. The lowest BCUT2D eigenvalue weighted by Crippen LogP contribution is -2.49. The highest BCUT2D eigenvalue weighted by molar-refractivity contribution is 5.94. The minimum atomic E-state index is -0.589. The Morgan fingerprint density at radius 1 is 1.19 bits per heavy atom. The van der Waals surface area contributed by atoms with E-state index < -0.39 is 5.41 Å². The molecule has 3 aromatic rings. The van der Waals surface area contributed by atoms with Crippen LogP contribution in [0.1, 0.15) is 63.3 Å². The smallest absolute Gasteiger partial charge is 0.232 e. The number of nitrogens with zero attached hydrogens (tertiary/aromatic N) is 2. The molecule has 3 N–H and O–H groups in total. The Kier molecular flexibility index (Phi) is 5.65. The Morgan fingerprint density at radius 2 is 1.90 bits per heavy atom. The summed E-state index contributed by atoms with van der Waals surface area (Å²) in [4.78, 5) is 23.4. The molecule has 1 aliphatic heterocycles. The molecule has 0 atom stereocenters. The maximum atomic E-state index is 13.4. The molecule has 31 heavy (non-hydrogen) atoms. The van der Waals surface area contributed by atoms with E-state index in [4.69, 9.17) is 5.73 Å². The summed E-state index contributed by atoms with van der Waals surface area (Å²) < 4.78 is 0. The van der Waals surface area contributed by atoms with E-state index in [9.17, 15) is 4.79 Å². The quantitative estimate of drug-likeness (QED) is 0.633. The van der Waals surface area contributed by atoms with Crippen LogP contribution >= 0.6 is 0 Å². The van der Waals surface area contributed by atoms with Crippen molar-refractivity contribution in [3.63, 3.8) is 0 Å². The standard InChI is InChI=1S/C26H34N4O/c1-16(2)23-21-15-19(26(4,5)25(31)30-12-9-20(27)10-13-30)6-7-22(21)29-24(23)18-8-11-28-17(3)14-18/h6-8,11,14-16,20,29H,9-10,12-13,27H2,1-5H3. The van der Waals surface area contributed by atoms with E-state index in [-0.39, 0.29) is 11.9 Å².